The smallest absolute Gasteiger partial charge is 0.207 e. The van der Waals surface area contributed by atoms with E-state index in [0.29, 0.717) is 12.1 Å². The fourth-order valence-electron chi connectivity index (χ4n) is 0.639. The van der Waals surface area contributed by atoms with Crippen LogP contribution >= 0.6 is 15.9 Å². The molecule has 0 spiro atoms. The lowest BCUT2D eigenvalue weighted by molar-refractivity contribution is -0.137. The van der Waals surface area contributed by atoms with Crippen molar-refractivity contribution in [2.24, 2.45) is 0 Å². The topological polar surface area (TPSA) is 0 Å². The van der Waals surface area contributed by atoms with Crippen LogP contribution in [0, 0.1) is 5.82 Å². The number of hydrogen-bond donors (Lipinski definition) is 0. The first-order valence-electron chi connectivity index (χ1n) is 3.21. The molecule has 0 bridgehead atoms. The van der Waals surface area contributed by atoms with Gasteiger partial charge in [0.25, 0.3) is 0 Å². The summed E-state index contributed by atoms with van der Waals surface area (Å²) in [6.45, 7) is 0. The van der Waals surface area contributed by atoms with Gasteiger partial charge in [-0.15, -0.1) is 0 Å². The molecule has 0 aromatic heterocycles. The van der Waals surface area contributed by atoms with Crippen LogP contribution in [0.2, 0.25) is 0 Å². The van der Waals surface area contributed by atoms with E-state index in [-0.39, 0.29) is 0 Å². The highest BCUT2D eigenvalue weighted by atomic mass is 79.9. The lowest BCUT2D eigenvalue weighted by Gasteiger charge is -2.04. The second-order valence-electron chi connectivity index (χ2n) is 2.00. The van der Waals surface area contributed by atoms with Gasteiger partial charge in [-0.25, -0.2) is 4.39 Å². The van der Waals surface area contributed by atoms with Gasteiger partial charge in [0, 0.05) is 0 Å². The van der Waals surface area contributed by atoms with E-state index in [0.717, 1.165) is 12.1 Å². The first kappa shape index (κ1) is 12.4. The Balaban J connectivity index is 0.000000671. The van der Waals surface area contributed by atoms with Crippen LogP contribution in [0.5, 0.6) is 0 Å². The zero-order valence-corrected chi connectivity index (χ0v) is 8.29. The summed E-state index contributed by atoms with van der Waals surface area (Å²) in [5, 5.41) is 0. The normalized spacial score (nSPS) is 10.3. The molecule has 0 atom stereocenters. The molecule has 1 rings (SSSR count). The highest BCUT2D eigenvalue weighted by Crippen LogP contribution is 2.28. The maximum Gasteiger partial charge on any atom is 0.416 e. The van der Waals surface area contributed by atoms with Gasteiger partial charge in [0.2, 0.25) is 0 Å². The molecule has 0 saturated carbocycles. The van der Waals surface area contributed by atoms with Gasteiger partial charge in [-0.2, -0.15) is 13.2 Å². The van der Waals surface area contributed by atoms with Crippen LogP contribution in [-0.4, -0.2) is 5.83 Å². The van der Waals surface area contributed by atoms with Gasteiger partial charge >= 0.3 is 6.18 Å². The van der Waals surface area contributed by atoms with Gasteiger partial charge in [0.05, 0.1) is 5.56 Å². The third kappa shape index (κ3) is 4.26. The number of halogens is 5. The van der Waals surface area contributed by atoms with E-state index in [1.807, 2.05) is 5.83 Å². The van der Waals surface area contributed by atoms with Crippen molar-refractivity contribution < 1.29 is 17.6 Å². The molecule has 0 N–H and O–H groups in total. The molecule has 0 amide bonds. The third-order valence-electron chi connectivity index (χ3n) is 1.17. The molecular formula is C8H7BrF4. The molecule has 0 aliphatic rings. The molecule has 0 radical (unpaired) electrons. The van der Waals surface area contributed by atoms with E-state index >= 15 is 0 Å². The lowest BCUT2D eigenvalue weighted by atomic mass is 10.2. The molecule has 0 unspecified atom stereocenters. The van der Waals surface area contributed by atoms with E-state index in [1.165, 1.54) is 0 Å². The van der Waals surface area contributed by atoms with Gasteiger partial charge in [0.1, 0.15) is 5.82 Å². The highest BCUT2D eigenvalue weighted by Gasteiger charge is 2.29. The Kier molecular flexibility index (Phi) is 4.98. The summed E-state index contributed by atoms with van der Waals surface area (Å²) in [6.07, 6.45) is -4.38. The minimum atomic E-state index is -4.38. The average molecular weight is 259 g/mol. The van der Waals surface area contributed by atoms with Crippen LogP contribution in [0.4, 0.5) is 17.6 Å². The van der Waals surface area contributed by atoms with Gasteiger partial charge in [-0.05, 0) is 30.1 Å². The van der Waals surface area contributed by atoms with Crippen molar-refractivity contribution in [1.82, 2.24) is 0 Å². The maximum absolute atomic E-state index is 12.1. The Morgan fingerprint density at radius 2 is 1.38 bits per heavy atom. The fourth-order valence-corrected chi connectivity index (χ4v) is 0.639. The third-order valence-corrected chi connectivity index (χ3v) is 1.17. The molecule has 0 heterocycles. The Morgan fingerprint density at radius 1 is 1.00 bits per heavy atom. The second-order valence-corrected chi connectivity index (χ2v) is 2.00. The molecule has 5 heteroatoms. The number of rotatable bonds is 0. The molecule has 13 heavy (non-hydrogen) atoms. The predicted octanol–water partition coefficient (Wildman–Crippen LogP) is 3.86. The van der Waals surface area contributed by atoms with Gasteiger partial charge < -0.3 is 0 Å². The largest absolute Gasteiger partial charge is 0.416 e. The number of hydrogen-bond acceptors (Lipinski definition) is 0. The van der Waals surface area contributed by atoms with Crippen LogP contribution in [0.25, 0.3) is 0 Å². The lowest BCUT2D eigenvalue weighted by Crippen LogP contribution is -2.03. The molecular weight excluding hydrogens is 252 g/mol. The van der Waals surface area contributed by atoms with E-state index in [9.17, 15) is 17.6 Å². The minimum absolute atomic E-state index is 0.669. The molecule has 0 aliphatic carbocycles. The summed E-state index contributed by atoms with van der Waals surface area (Å²) < 4.78 is 47.5. The van der Waals surface area contributed by atoms with Crippen molar-refractivity contribution in [3.05, 3.63) is 35.6 Å². The van der Waals surface area contributed by atoms with Crippen LogP contribution in [0.1, 0.15) is 5.56 Å². The average Bonchev–Trinajstić information content (AvgIpc) is 2.07. The summed E-state index contributed by atoms with van der Waals surface area (Å²) in [6, 6.07) is 2.97. The molecule has 74 valence electrons. The van der Waals surface area contributed by atoms with Crippen molar-refractivity contribution in [1.29, 1.82) is 0 Å². The van der Waals surface area contributed by atoms with Gasteiger partial charge in [0.15, 0.2) is 0 Å². The summed E-state index contributed by atoms with van der Waals surface area (Å²) in [5.41, 5.74) is -0.834. The van der Waals surface area contributed by atoms with Crippen LogP contribution in [0.15, 0.2) is 24.3 Å². The SMILES string of the molecule is CBr.Fc1ccc(C(F)(F)F)cc1. The van der Waals surface area contributed by atoms with Crippen molar-refractivity contribution in [2.45, 2.75) is 6.18 Å². The summed E-state index contributed by atoms with van der Waals surface area (Å²) in [5.74, 6) is 1.14. The molecule has 0 saturated heterocycles. The summed E-state index contributed by atoms with van der Waals surface area (Å²) >= 11 is 2.94. The van der Waals surface area contributed by atoms with E-state index in [1.54, 1.807) is 0 Å². The molecule has 0 fully saturated rings. The summed E-state index contributed by atoms with van der Waals surface area (Å²) in [7, 11) is 0. The van der Waals surface area contributed by atoms with Crippen LogP contribution in [-0.2, 0) is 6.18 Å². The van der Waals surface area contributed by atoms with Crippen LogP contribution < -0.4 is 0 Å². The zero-order chi connectivity index (χ0) is 10.5. The standard InChI is InChI=1S/C7H4F4.CH3Br/c8-6-3-1-5(2-4-6)7(9,10)11;1-2/h1-4H;1H3. The first-order chi connectivity index (χ1) is 6.00. The highest BCUT2D eigenvalue weighted by molar-refractivity contribution is 9.08. The predicted molar refractivity (Wildman–Crippen MR) is 46.3 cm³/mol. The molecule has 1 aromatic rings. The Bertz CT molecular complexity index is 239. The van der Waals surface area contributed by atoms with Crippen molar-refractivity contribution in [3.63, 3.8) is 0 Å². The fraction of sp³-hybridized carbons (Fsp3) is 0.250. The molecule has 0 aliphatic heterocycles. The minimum Gasteiger partial charge on any atom is -0.207 e. The monoisotopic (exact) mass is 258 g/mol. The quantitative estimate of drug-likeness (QED) is 0.490. The Hall–Kier alpha value is -0.580. The number of benzene rings is 1. The second kappa shape index (κ2) is 5.21. The zero-order valence-electron chi connectivity index (χ0n) is 6.70. The first-order valence-corrected chi connectivity index (χ1v) is 4.79. The van der Waals surface area contributed by atoms with E-state index in [2.05, 4.69) is 15.9 Å². The van der Waals surface area contributed by atoms with E-state index in [4.69, 9.17) is 0 Å². The Morgan fingerprint density at radius 3 is 1.69 bits per heavy atom. The van der Waals surface area contributed by atoms with Crippen LogP contribution in [0.3, 0.4) is 0 Å². The van der Waals surface area contributed by atoms with Crippen molar-refractivity contribution in [2.75, 3.05) is 5.83 Å². The molecule has 1 aromatic carbocycles. The van der Waals surface area contributed by atoms with Gasteiger partial charge in [-0.3, -0.25) is 0 Å². The Labute approximate surface area is 81.7 Å². The molecule has 0 nitrogen and oxygen atoms in total. The van der Waals surface area contributed by atoms with E-state index < -0.39 is 17.6 Å². The van der Waals surface area contributed by atoms with Crippen molar-refractivity contribution >= 4 is 15.9 Å². The summed E-state index contributed by atoms with van der Waals surface area (Å²) in [4.78, 5) is 0. The van der Waals surface area contributed by atoms with Crippen molar-refractivity contribution in [3.8, 4) is 0 Å². The van der Waals surface area contributed by atoms with Gasteiger partial charge in [-0.1, -0.05) is 15.9 Å². The maximum atomic E-state index is 12.1. The number of alkyl halides is 4.